The van der Waals surface area contributed by atoms with E-state index >= 15 is 0 Å². The van der Waals surface area contributed by atoms with Crippen LogP contribution in [0.2, 0.25) is 0 Å². The van der Waals surface area contributed by atoms with Gasteiger partial charge in [0, 0.05) is 36.1 Å². The number of fused-ring (bicyclic) bond motifs is 3. The van der Waals surface area contributed by atoms with Crippen LogP contribution in [0.5, 0.6) is 0 Å². The van der Waals surface area contributed by atoms with Gasteiger partial charge in [-0.2, -0.15) is 13.2 Å². The number of alkyl halides is 3. The van der Waals surface area contributed by atoms with E-state index < -0.39 is 17.6 Å². The van der Waals surface area contributed by atoms with Crippen molar-refractivity contribution < 1.29 is 18.0 Å². The topological polar surface area (TPSA) is 86.3 Å². The molecule has 3 aromatic rings. The average molecular weight is 540 g/mol. The van der Waals surface area contributed by atoms with Crippen LogP contribution in [-0.4, -0.2) is 70.4 Å². The van der Waals surface area contributed by atoms with Gasteiger partial charge in [-0.1, -0.05) is 6.07 Å². The summed E-state index contributed by atoms with van der Waals surface area (Å²) >= 11 is 0. The zero-order chi connectivity index (χ0) is 27.7. The van der Waals surface area contributed by atoms with Gasteiger partial charge in [0.1, 0.15) is 0 Å². The van der Waals surface area contributed by atoms with Gasteiger partial charge in [0.15, 0.2) is 0 Å². The fourth-order valence-electron chi connectivity index (χ4n) is 5.13. The van der Waals surface area contributed by atoms with Gasteiger partial charge in [0.2, 0.25) is 11.9 Å². The van der Waals surface area contributed by atoms with E-state index in [4.69, 9.17) is 0 Å². The van der Waals surface area contributed by atoms with Crippen LogP contribution < -0.4 is 10.6 Å². The first kappa shape index (κ1) is 27.0. The molecule has 5 rings (SSSR count). The summed E-state index contributed by atoms with van der Waals surface area (Å²) in [6.45, 7) is 5.01. The first-order valence-electron chi connectivity index (χ1n) is 13.1. The fourth-order valence-corrected chi connectivity index (χ4v) is 5.13. The third kappa shape index (κ3) is 6.20. The molecule has 0 bridgehead atoms. The Morgan fingerprint density at radius 3 is 2.62 bits per heavy atom. The van der Waals surface area contributed by atoms with Crippen LogP contribution in [0.3, 0.4) is 0 Å². The second kappa shape index (κ2) is 10.9. The van der Waals surface area contributed by atoms with Gasteiger partial charge in [0.25, 0.3) is 0 Å². The molecule has 0 saturated carbocycles. The van der Waals surface area contributed by atoms with Crippen LogP contribution >= 0.6 is 0 Å². The smallest absolute Gasteiger partial charge is 0.325 e. The number of halogens is 3. The van der Waals surface area contributed by atoms with Crippen molar-refractivity contribution in [1.29, 1.82) is 0 Å². The molecule has 2 aliphatic heterocycles. The second-order valence-corrected chi connectivity index (χ2v) is 10.4. The number of carbonyl (C=O) groups is 1. The molecule has 0 unspecified atom stereocenters. The lowest BCUT2D eigenvalue weighted by Gasteiger charge is -2.35. The Morgan fingerprint density at radius 1 is 1.13 bits per heavy atom. The highest BCUT2D eigenvalue weighted by Crippen LogP contribution is 2.38. The maximum atomic E-state index is 13.3. The zero-order valence-electron chi connectivity index (χ0n) is 22.3. The summed E-state index contributed by atoms with van der Waals surface area (Å²) in [5, 5.41) is 5.80. The first-order valence-corrected chi connectivity index (χ1v) is 13.1. The van der Waals surface area contributed by atoms with Crippen LogP contribution in [0.4, 0.5) is 30.5 Å². The Morgan fingerprint density at radius 2 is 1.90 bits per heavy atom. The largest absolute Gasteiger partial charge is 0.416 e. The van der Waals surface area contributed by atoms with Crippen molar-refractivity contribution in [2.75, 3.05) is 44.4 Å². The summed E-state index contributed by atoms with van der Waals surface area (Å²) < 4.78 is 39.8. The molecular weight excluding hydrogens is 507 g/mol. The van der Waals surface area contributed by atoms with E-state index in [-0.39, 0.29) is 18.1 Å². The van der Waals surface area contributed by atoms with E-state index in [0.717, 1.165) is 55.1 Å². The van der Waals surface area contributed by atoms with E-state index in [2.05, 4.69) is 49.5 Å². The molecule has 206 valence electrons. The van der Waals surface area contributed by atoms with Gasteiger partial charge >= 0.3 is 6.18 Å². The van der Waals surface area contributed by atoms with Crippen LogP contribution in [-0.2, 0) is 23.8 Å². The number of amides is 1. The van der Waals surface area contributed by atoms with Gasteiger partial charge < -0.3 is 20.4 Å². The average Bonchev–Trinajstić information content (AvgIpc) is 3.03. The maximum Gasteiger partial charge on any atom is 0.416 e. The SMILES string of the molecule is Cc1ncc(CCN2CCC(N(C)C)CC2)cc1Nc1ncc2c(n1)-c1ccc(C(F)(F)F)cc1NC(=O)C2. The third-order valence-electron chi connectivity index (χ3n) is 7.49. The van der Waals surface area contributed by atoms with Gasteiger partial charge in [-0.05, 0) is 77.1 Å². The predicted molar refractivity (Wildman–Crippen MR) is 144 cm³/mol. The van der Waals surface area contributed by atoms with Crippen molar-refractivity contribution >= 4 is 23.2 Å². The summed E-state index contributed by atoms with van der Waals surface area (Å²) in [7, 11) is 4.28. The quantitative estimate of drug-likeness (QED) is 0.471. The molecule has 2 N–H and O–H groups in total. The molecular formula is C28H32F3N7O. The number of hydrogen-bond donors (Lipinski definition) is 2. The molecule has 1 saturated heterocycles. The number of rotatable bonds is 6. The highest BCUT2D eigenvalue weighted by atomic mass is 19.4. The van der Waals surface area contributed by atoms with Crippen LogP contribution in [0.25, 0.3) is 11.3 Å². The number of aryl methyl sites for hydroxylation is 1. The van der Waals surface area contributed by atoms with E-state index in [1.54, 1.807) is 6.20 Å². The minimum absolute atomic E-state index is 0.0342. The fraction of sp³-hybridized carbons (Fsp3) is 0.429. The summed E-state index contributed by atoms with van der Waals surface area (Å²) in [5.41, 5.74) is 3.23. The van der Waals surface area contributed by atoms with E-state index in [9.17, 15) is 18.0 Å². The normalized spacial score (nSPS) is 16.4. The number of nitrogens with zero attached hydrogens (tertiary/aromatic N) is 5. The number of carbonyl (C=O) groups excluding carboxylic acids is 1. The first-order chi connectivity index (χ1) is 18.6. The van der Waals surface area contributed by atoms with Crippen molar-refractivity contribution in [3.05, 3.63) is 59.0 Å². The Bertz CT molecular complexity index is 1370. The second-order valence-electron chi connectivity index (χ2n) is 10.4. The Kier molecular flexibility index (Phi) is 7.55. The Hall–Kier alpha value is -3.57. The molecule has 1 aromatic carbocycles. The number of anilines is 3. The molecule has 4 heterocycles. The summed E-state index contributed by atoms with van der Waals surface area (Å²) in [4.78, 5) is 30.7. The molecule has 1 amide bonds. The van der Waals surface area contributed by atoms with Crippen molar-refractivity contribution in [2.24, 2.45) is 0 Å². The van der Waals surface area contributed by atoms with E-state index in [1.807, 2.05) is 19.2 Å². The standard InChI is InChI=1S/C28H32F3N7O/c1-17-23(12-18(15-32-17)6-9-38-10-7-21(8-11-38)37(2)3)35-27-33-16-19-13-25(39)34-24-14-20(28(29,30)31)4-5-22(24)26(19)36-27/h4-5,12,14-16,21H,6-11,13H2,1-3H3,(H,34,39)(H,33,35,36). The molecule has 0 radical (unpaired) electrons. The zero-order valence-corrected chi connectivity index (χ0v) is 22.3. The number of hydrogen-bond acceptors (Lipinski definition) is 7. The van der Waals surface area contributed by atoms with Crippen LogP contribution in [0.15, 0.2) is 36.7 Å². The summed E-state index contributed by atoms with van der Waals surface area (Å²) in [5.74, 6) is -0.140. The molecule has 0 atom stereocenters. The van der Waals surface area contributed by atoms with Crippen molar-refractivity contribution in [3.8, 4) is 11.3 Å². The number of likely N-dealkylation sites (tertiary alicyclic amines) is 1. The number of benzene rings is 1. The lowest BCUT2D eigenvalue weighted by atomic mass is 10.0. The Labute approximate surface area is 225 Å². The molecule has 2 aliphatic rings. The van der Waals surface area contributed by atoms with Crippen LogP contribution in [0.1, 0.15) is 35.2 Å². The van der Waals surface area contributed by atoms with Gasteiger partial charge in [-0.25, -0.2) is 9.97 Å². The third-order valence-corrected chi connectivity index (χ3v) is 7.49. The van der Waals surface area contributed by atoms with E-state index in [1.165, 1.54) is 18.9 Å². The molecule has 1 fully saturated rings. The highest BCUT2D eigenvalue weighted by Gasteiger charge is 2.32. The molecule has 0 aliphatic carbocycles. The lowest BCUT2D eigenvalue weighted by molar-refractivity contribution is -0.137. The predicted octanol–water partition coefficient (Wildman–Crippen LogP) is 4.67. The highest BCUT2D eigenvalue weighted by molar-refractivity contribution is 6.00. The molecule has 8 nitrogen and oxygen atoms in total. The number of pyridine rings is 1. The minimum atomic E-state index is -4.52. The van der Waals surface area contributed by atoms with Crippen molar-refractivity contribution in [1.82, 2.24) is 24.8 Å². The van der Waals surface area contributed by atoms with E-state index in [0.29, 0.717) is 22.9 Å². The van der Waals surface area contributed by atoms with Gasteiger partial charge in [-0.15, -0.1) is 0 Å². The minimum Gasteiger partial charge on any atom is -0.325 e. The lowest BCUT2D eigenvalue weighted by Crippen LogP contribution is -2.42. The summed E-state index contributed by atoms with van der Waals surface area (Å²) in [6.07, 6.45) is 2.08. The maximum absolute atomic E-state index is 13.3. The van der Waals surface area contributed by atoms with Crippen molar-refractivity contribution in [2.45, 2.75) is 44.8 Å². The molecule has 0 spiro atoms. The van der Waals surface area contributed by atoms with Crippen molar-refractivity contribution in [3.63, 3.8) is 0 Å². The number of piperidine rings is 1. The monoisotopic (exact) mass is 539 g/mol. The summed E-state index contributed by atoms with van der Waals surface area (Å²) in [6, 6.07) is 5.97. The number of aromatic nitrogens is 3. The molecule has 11 heteroatoms. The molecule has 2 aromatic heterocycles. The molecule has 39 heavy (non-hydrogen) atoms. The number of nitrogens with one attached hydrogen (secondary N) is 2. The van der Waals surface area contributed by atoms with Crippen LogP contribution in [0, 0.1) is 6.92 Å². The Balaban J connectivity index is 1.34. The van der Waals surface area contributed by atoms with Gasteiger partial charge in [0.05, 0.1) is 34.7 Å². The van der Waals surface area contributed by atoms with Gasteiger partial charge in [-0.3, -0.25) is 9.78 Å².